The van der Waals surface area contributed by atoms with E-state index in [0.717, 1.165) is 64.9 Å². The van der Waals surface area contributed by atoms with Gasteiger partial charge in [0.25, 0.3) is 0 Å². The highest BCUT2D eigenvalue weighted by Gasteiger charge is 2.35. The average molecular weight is 507 g/mol. The van der Waals surface area contributed by atoms with Crippen LogP contribution in [0.4, 0.5) is 22.0 Å². The van der Waals surface area contributed by atoms with E-state index in [-0.39, 0.29) is 18.1 Å². The number of piperazine rings is 1. The van der Waals surface area contributed by atoms with Gasteiger partial charge in [0.15, 0.2) is 0 Å². The maximum Gasteiger partial charge on any atom is 0.414 e. The number of ether oxygens (including phenoxy) is 2. The number of carbonyl (C=O) groups is 2. The minimum absolute atomic E-state index is 0.0280. The number of aromatic nitrogens is 2. The third-order valence-electron chi connectivity index (χ3n) is 6.74. The Balaban J connectivity index is 1.08. The molecule has 1 aromatic heterocycles. The van der Waals surface area contributed by atoms with Crippen molar-refractivity contribution in [3.8, 4) is 5.75 Å². The maximum atomic E-state index is 12.6. The number of rotatable bonds is 5. The fourth-order valence-corrected chi connectivity index (χ4v) is 5.69. The van der Waals surface area contributed by atoms with E-state index in [0.29, 0.717) is 18.8 Å². The first-order valence-electron chi connectivity index (χ1n) is 11.9. The van der Waals surface area contributed by atoms with Gasteiger partial charge in [-0.2, -0.15) is 0 Å². The minimum atomic E-state index is -0.352. The first-order valence-corrected chi connectivity index (χ1v) is 12.9. The normalized spacial score (nSPS) is 20.3. The van der Waals surface area contributed by atoms with Gasteiger partial charge < -0.3 is 19.7 Å². The molecule has 11 heteroatoms. The van der Waals surface area contributed by atoms with Gasteiger partial charge in [0, 0.05) is 48.7 Å². The topological polar surface area (TPSA) is 100 Å². The number of carbonyl (C=O) groups excluding carboxylic acids is 2. The predicted octanol–water partition coefficient (Wildman–Crippen LogP) is 2.83. The Morgan fingerprint density at radius 1 is 1.11 bits per heavy atom. The summed E-state index contributed by atoms with van der Waals surface area (Å²) in [6, 6.07) is 11.5. The molecule has 0 saturated carbocycles. The lowest BCUT2D eigenvalue weighted by molar-refractivity contribution is -0.113. The molecule has 2 aromatic carbocycles. The molecule has 0 spiro atoms. The molecule has 2 amide bonds. The zero-order valence-electron chi connectivity index (χ0n) is 19.8. The summed E-state index contributed by atoms with van der Waals surface area (Å²) in [7, 11) is 1.66. The minimum Gasteiger partial charge on any atom is -0.497 e. The molecular weight excluding hydrogens is 480 g/mol. The Kier molecular flexibility index (Phi) is 6.02. The molecule has 0 radical (unpaired) electrons. The molecule has 3 aliphatic rings. The summed E-state index contributed by atoms with van der Waals surface area (Å²) in [5, 5.41) is 3.86. The van der Waals surface area contributed by atoms with Gasteiger partial charge in [-0.05, 0) is 36.4 Å². The van der Waals surface area contributed by atoms with E-state index < -0.39 is 0 Å². The van der Waals surface area contributed by atoms with Crippen LogP contribution in [0.3, 0.4) is 0 Å². The number of thioether (sulfide) groups is 1. The first kappa shape index (κ1) is 22.9. The molecular formula is C25H26N6O4S. The number of nitrogens with one attached hydrogen (secondary N) is 1. The van der Waals surface area contributed by atoms with Gasteiger partial charge in [0.2, 0.25) is 5.91 Å². The number of hydrogen-bond donors (Lipinski definition) is 1. The second-order valence-electron chi connectivity index (χ2n) is 9.00. The highest BCUT2D eigenvalue weighted by atomic mass is 32.2. The molecule has 1 N–H and O–H groups in total. The molecule has 6 rings (SSSR count). The van der Waals surface area contributed by atoms with Gasteiger partial charge in [-0.1, -0.05) is 0 Å². The van der Waals surface area contributed by atoms with Crippen LogP contribution in [0.2, 0.25) is 0 Å². The summed E-state index contributed by atoms with van der Waals surface area (Å²) < 4.78 is 11.1. The largest absolute Gasteiger partial charge is 0.497 e. The lowest BCUT2D eigenvalue weighted by atomic mass is 10.2. The lowest BCUT2D eigenvalue weighted by Gasteiger charge is -2.36. The number of nitrogens with zero attached hydrogens (tertiary/aromatic N) is 5. The molecule has 0 unspecified atom stereocenters. The molecule has 4 heterocycles. The Hall–Kier alpha value is -3.57. The number of anilines is 3. The number of amides is 2. The maximum absolute atomic E-state index is 12.6. The molecule has 186 valence electrons. The van der Waals surface area contributed by atoms with Crippen LogP contribution >= 0.6 is 11.8 Å². The summed E-state index contributed by atoms with van der Waals surface area (Å²) in [6.07, 6.45) is 1.04. The second-order valence-corrected chi connectivity index (χ2v) is 10.0. The molecule has 0 bridgehead atoms. The van der Waals surface area contributed by atoms with E-state index in [1.54, 1.807) is 18.3 Å². The van der Waals surface area contributed by atoms with Crippen LogP contribution in [-0.4, -0.2) is 85.1 Å². The van der Waals surface area contributed by atoms with Crippen LogP contribution in [0.1, 0.15) is 0 Å². The zero-order chi connectivity index (χ0) is 24.6. The third kappa shape index (κ3) is 4.40. The highest BCUT2D eigenvalue weighted by molar-refractivity contribution is 8.00. The number of methoxy groups -OCH3 is 1. The molecule has 10 nitrogen and oxygen atoms in total. The number of hydrogen-bond acceptors (Lipinski definition) is 9. The highest BCUT2D eigenvalue weighted by Crippen LogP contribution is 2.35. The summed E-state index contributed by atoms with van der Waals surface area (Å²) in [6.45, 7) is 4.46. The van der Waals surface area contributed by atoms with Crippen molar-refractivity contribution in [1.29, 1.82) is 0 Å². The smallest absolute Gasteiger partial charge is 0.414 e. The van der Waals surface area contributed by atoms with Crippen LogP contribution in [-0.2, 0) is 9.53 Å². The van der Waals surface area contributed by atoms with Crippen molar-refractivity contribution >= 4 is 51.9 Å². The summed E-state index contributed by atoms with van der Waals surface area (Å²) in [5.74, 6) is 2.08. The molecule has 1 atom stereocenters. The number of cyclic esters (lactones) is 1. The van der Waals surface area contributed by atoms with Gasteiger partial charge >= 0.3 is 6.09 Å². The van der Waals surface area contributed by atoms with Gasteiger partial charge in [-0.3, -0.25) is 14.6 Å². The van der Waals surface area contributed by atoms with E-state index in [4.69, 9.17) is 9.47 Å². The van der Waals surface area contributed by atoms with E-state index in [2.05, 4.69) is 25.1 Å². The van der Waals surface area contributed by atoms with E-state index in [1.165, 1.54) is 11.8 Å². The predicted molar refractivity (Wildman–Crippen MR) is 138 cm³/mol. The SMILES string of the molecule is COc1ccc2ncnc(N3CCN(C[C@H]4CN(c5ccc6c(c5)NC(=O)CS6)C(=O)O4)CC3)c2c1. The Labute approximate surface area is 212 Å². The van der Waals surface area contributed by atoms with Gasteiger partial charge in [0.05, 0.1) is 30.6 Å². The zero-order valence-corrected chi connectivity index (χ0v) is 20.7. The molecule has 36 heavy (non-hydrogen) atoms. The first-order chi connectivity index (χ1) is 17.6. The standard InChI is InChI=1S/C25H26N6O4S/c1-34-17-3-4-20-19(11-17)24(27-15-26-20)30-8-6-29(7-9-30)12-18-13-31(25(33)35-18)16-2-5-22-21(10-16)28-23(32)14-36-22/h2-5,10-11,15,18H,6-9,12-14H2,1H3,(H,28,32)/t18-/m0/s1. The average Bonchev–Trinajstić information content (AvgIpc) is 3.27. The van der Waals surface area contributed by atoms with Crippen molar-refractivity contribution < 1.29 is 19.1 Å². The molecule has 2 fully saturated rings. The van der Waals surface area contributed by atoms with Crippen LogP contribution < -0.4 is 19.9 Å². The molecule has 3 aliphatic heterocycles. The number of fused-ring (bicyclic) bond motifs is 2. The van der Waals surface area contributed by atoms with Crippen molar-refractivity contribution in [2.24, 2.45) is 0 Å². The summed E-state index contributed by atoms with van der Waals surface area (Å²) in [5.41, 5.74) is 2.37. The summed E-state index contributed by atoms with van der Waals surface area (Å²) >= 11 is 1.50. The molecule has 2 saturated heterocycles. The summed E-state index contributed by atoms with van der Waals surface area (Å²) in [4.78, 5) is 40.6. The Bertz CT molecular complexity index is 1330. The van der Waals surface area contributed by atoms with Crippen LogP contribution in [0.15, 0.2) is 47.6 Å². The van der Waals surface area contributed by atoms with Crippen molar-refractivity contribution in [3.05, 3.63) is 42.7 Å². The van der Waals surface area contributed by atoms with Gasteiger partial charge in [0.1, 0.15) is 24.0 Å². The van der Waals surface area contributed by atoms with Crippen LogP contribution in [0, 0.1) is 0 Å². The van der Waals surface area contributed by atoms with Crippen molar-refractivity contribution in [1.82, 2.24) is 14.9 Å². The fraction of sp³-hybridized carbons (Fsp3) is 0.360. The number of benzene rings is 2. The van der Waals surface area contributed by atoms with Gasteiger partial charge in [-0.25, -0.2) is 14.8 Å². The van der Waals surface area contributed by atoms with E-state index in [9.17, 15) is 9.59 Å². The van der Waals surface area contributed by atoms with Gasteiger partial charge in [-0.15, -0.1) is 11.8 Å². The fourth-order valence-electron chi connectivity index (χ4n) is 4.90. The van der Waals surface area contributed by atoms with Crippen molar-refractivity contribution in [2.75, 3.05) is 67.2 Å². The van der Waals surface area contributed by atoms with E-state index >= 15 is 0 Å². The molecule has 3 aromatic rings. The van der Waals surface area contributed by atoms with Crippen LogP contribution in [0.25, 0.3) is 10.9 Å². The lowest BCUT2D eigenvalue weighted by Crippen LogP contribution is -2.49. The Morgan fingerprint density at radius 3 is 2.81 bits per heavy atom. The molecule has 0 aliphatic carbocycles. The van der Waals surface area contributed by atoms with Crippen LogP contribution in [0.5, 0.6) is 5.75 Å². The quantitative estimate of drug-likeness (QED) is 0.560. The van der Waals surface area contributed by atoms with Crippen molar-refractivity contribution in [3.63, 3.8) is 0 Å². The van der Waals surface area contributed by atoms with Crippen molar-refractivity contribution in [2.45, 2.75) is 11.0 Å². The van der Waals surface area contributed by atoms with E-state index in [1.807, 2.05) is 36.4 Å². The Morgan fingerprint density at radius 2 is 1.97 bits per heavy atom. The third-order valence-corrected chi connectivity index (χ3v) is 7.81. The monoisotopic (exact) mass is 506 g/mol. The second kappa shape index (κ2) is 9.47.